The van der Waals surface area contributed by atoms with Gasteiger partial charge in [-0.1, -0.05) is 23.7 Å². The van der Waals surface area contributed by atoms with E-state index in [9.17, 15) is 4.39 Å². The minimum absolute atomic E-state index is 0.263. The van der Waals surface area contributed by atoms with Crippen LogP contribution in [0, 0.1) is 19.7 Å². The Morgan fingerprint density at radius 1 is 1.04 bits per heavy atom. The largest absolute Gasteiger partial charge is 0.497 e. The van der Waals surface area contributed by atoms with E-state index >= 15 is 0 Å². The first kappa shape index (κ1) is 17.6. The number of hydrogen-bond acceptors (Lipinski definition) is 2. The van der Waals surface area contributed by atoms with Crippen LogP contribution in [0.5, 0.6) is 5.75 Å². The fraction of sp³-hybridized carbons (Fsp3) is 0.136. The smallest absolute Gasteiger partial charge is 0.153 e. The Labute approximate surface area is 162 Å². The van der Waals surface area contributed by atoms with E-state index in [0.29, 0.717) is 5.15 Å². The predicted molar refractivity (Wildman–Crippen MR) is 107 cm³/mol. The van der Waals surface area contributed by atoms with Crippen molar-refractivity contribution >= 4 is 17.1 Å². The van der Waals surface area contributed by atoms with Gasteiger partial charge in [-0.2, -0.15) is 0 Å². The fourth-order valence-electron chi connectivity index (χ4n) is 3.62. The van der Waals surface area contributed by atoms with Crippen molar-refractivity contribution in [3.8, 4) is 28.0 Å². The quantitative estimate of drug-likeness (QED) is 0.430. The molecule has 0 atom stereocenters. The second kappa shape index (κ2) is 6.71. The van der Waals surface area contributed by atoms with Gasteiger partial charge in [0.1, 0.15) is 11.6 Å². The number of benzene rings is 2. The van der Waals surface area contributed by atoms with Gasteiger partial charge in [-0.25, -0.2) is 9.37 Å². The Kier molecular flexibility index (Phi) is 4.36. The van der Waals surface area contributed by atoms with E-state index in [2.05, 4.69) is 4.98 Å². The Morgan fingerprint density at radius 3 is 2.33 bits per heavy atom. The second-order valence-corrected chi connectivity index (χ2v) is 6.89. The van der Waals surface area contributed by atoms with E-state index < -0.39 is 0 Å². The molecule has 2 aromatic heterocycles. The maximum atomic E-state index is 13.5. The monoisotopic (exact) mass is 380 g/mol. The van der Waals surface area contributed by atoms with Crippen molar-refractivity contribution in [1.82, 2.24) is 9.38 Å². The van der Waals surface area contributed by atoms with Crippen molar-refractivity contribution in [2.24, 2.45) is 0 Å². The van der Waals surface area contributed by atoms with Gasteiger partial charge in [-0.15, -0.1) is 0 Å². The van der Waals surface area contributed by atoms with E-state index in [4.69, 9.17) is 16.3 Å². The van der Waals surface area contributed by atoms with Gasteiger partial charge in [-0.05, 0) is 60.4 Å². The first-order valence-corrected chi connectivity index (χ1v) is 8.94. The zero-order chi connectivity index (χ0) is 19.1. The Bertz CT molecular complexity index is 1130. The normalized spacial score (nSPS) is 11.1. The molecule has 0 aliphatic heterocycles. The highest BCUT2D eigenvalue weighted by molar-refractivity contribution is 6.33. The van der Waals surface area contributed by atoms with Crippen LogP contribution < -0.4 is 4.74 Å². The molecule has 0 aliphatic rings. The SMILES string of the molecule is COc1cc(C)c(-c2c(-c3ccc(F)cc3)cn3ccnc(Cl)c23)c(C)c1. The molecule has 27 heavy (non-hydrogen) atoms. The summed E-state index contributed by atoms with van der Waals surface area (Å²) < 4.78 is 20.8. The number of rotatable bonds is 3. The maximum Gasteiger partial charge on any atom is 0.153 e. The molecule has 0 radical (unpaired) electrons. The van der Waals surface area contributed by atoms with Gasteiger partial charge in [0.15, 0.2) is 5.15 Å². The molecule has 0 spiro atoms. The number of aromatic nitrogens is 2. The summed E-state index contributed by atoms with van der Waals surface area (Å²) >= 11 is 6.48. The molecular weight excluding hydrogens is 363 g/mol. The molecule has 0 aliphatic carbocycles. The number of hydrogen-bond donors (Lipinski definition) is 0. The Balaban J connectivity index is 2.10. The van der Waals surface area contributed by atoms with Crippen molar-refractivity contribution in [1.29, 1.82) is 0 Å². The van der Waals surface area contributed by atoms with E-state index in [1.165, 1.54) is 12.1 Å². The summed E-state index contributed by atoms with van der Waals surface area (Å²) in [6.45, 7) is 4.10. The molecule has 4 rings (SSSR count). The van der Waals surface area contributed by atoms with Gasteiger partial charge in [0.2, 0.25) is 0 Å². The van der Waals surface area contributed by atoms with Crippen LogP contribution in [0.15, 0.2) is 55.0 Å². The topological polar surface area (TPSA) is 26.5 Å². The van der Waals surface area contributed by atoms with Crippen LogP contribution in [0.4, 0.5) is 4.39 Å². The van der Waals surface area contributed by atoms with E-state index in [1.54, 1.807) is 25.4 Å². The molecule has 136 valence electrons. The molecule has 4 aromatic rings. The van der Waals surface area contributed by atoms with Crippen LogP contribution in [0.1, 0.15) is 11.1 Å². The first-order chi connectivity index (χ1) is 13.0. The summed E-state index contributed by atoms with van der Waals surface area (Å²) in [5, 5.41) is 0.426. The molecule has 0 fully saturated rings. The van der Waals surface area contributed by atoms with E-state index in [0.717, 1.165) is 44.6 Å². The van der Waals surface area contributed by atoms with E-state index in [-0.39, 0.29) is 5.82 Å². The van der Waals surface area contributed by atoms with Gasteiger partial charge >= 0.3 is 0 Å². The summed E-state index contributed by atoms with van der Waals surface area (Å²) in [7, 11) is 1.66. The molecular formula is C22H18ClFN2O. The highest BCUT2D eigenvalue weighted by atomic mass is 35.5. The zero-order valence-corrected chi connectivity index (χ0v) is 16.0. The average molecular weight is 381 g/mol. The summed E-state index contributed by atoms with van der Waals surface area (Å²) in [4.78, 5) is 4.27. The lowest BCUT2D eigenvalue weighted by Gasteiger charge is -2.14. The third kappa shape index (κ3) is 2.96. The van der Waals surface area contributed by atoms with Crippen LogP contribution in [0.3, 0.4) is 0 Å². The average Bonchev–Trinajstić information content (AvgIpc) is 3.02. The van der Waals surface area contributed by atoms with Gasteiger partial charge < -0.3 is 9.14 Å². The van der Waals surface area contributed by atoms with Crippen LogP contribution in [0.25, 0.3) is 27.8 Å². The summed E-state index contributed by atoms with van der Waals surface area (Å²) in [5.74, 6) is 0.547. The lowest BCUT2D eigenvalue weighted by Crippen LogP contribution is -1.94. The summed E-state index contributed by atoms with van der Waals surface area (Å²) in [6.07, 6.45) is 5.54. The van der Waals surface area contributed by atoms with Gasteiger partial charge in [0.25, 0.3) is 0 Å². The second-order valence-electron chi connectivity index (χ2n) is 6.53. The molecule has 2 heterocycles. The van der Waals surface area contributed by atoms with Crippen LogP contribution in [-0.2, 0) is 0 Å². The zero-order valence-electron chi connectivity index (χ0n) is 15.3. The molecule has 0 saturated heterocycles. The van der Waals surface area contributed by atoms with Gasteiger partial charge in [0, 0.05) is 29.7 Å². The number of methoxy groups -OCH3 is 1. The number of halogens is 2. The molecule has 0 bridgehead atoms. The predicted octanol–water partition coefficient (Wildman–Crippen LogP) is 6.09. The van der Waals surface area contributed by atoms with Gasteiger partial charge in [0.05, 0.1) is 12.6 Å². The number of aryl methyl sites for hydroxylation is 2. The van der Waals surface area contributed by atoms with Crippen molar-refractivity contribution in [3.05, 3.63) is 77.1 Å². The highest BCUT2D eigenvalue weighted by Crippen LogP contribution is 2.43. The molecule has 0 unspecified atom stereocenters. The van der Waals surface area contributed by atoms with Crippen LogP contribution in [-0.4, -0.2) is 16.5 Å². The third-order valence-electron chi connectivity index (χ3n) is 4.79. The van der Waals surface area contributed by atoms with Crippen LogP contribution >= 0.6 is 11.6 Å². The molecule has 0 N–H and O–H groups in total. The maximum absolute atomic E-state index is 13.5. The van der Waals surface area contributed by atoms with Crippen LogP contribution in [0.2, 0.25) is 5.15 Å². The third-order valence-corrected chi connectivity index (χ3v) is 5.07. The molecule has 0 saturated carbocycles. The molecule has 5 heteroatoms. The fourth-order valence-corrected chi connectivity index (χ4v) is 3.87. The van der Waals surface area contributed by atoms with Crippen molar-refractivity contribution < 1.29 is 9.13 Å². The lowest BCUT2D eigenvalue weighted by molar-refractivity contribution is 0.414. The Morgan fingerprint density at radius 2 is 1.70 bits per heavy atom. The van der Waals surface area contributed by atoms with E-state index in [1.807, 2.05) is 42.8 Å². The highest BCUT2D eigenvalue weighted by Gasteiger charge is 2.21. The first-order valence-electron chi connectivity index (χ1n) is 8.56. The molecule has 0 amide bonds. The molecule has 3 nitrogen and oxygen atoms in total. The lowest BCUT2D eigenvalue weighted by atomic mass is 9.91. The minimum atomic E-state index is -0.263. The summed E-state index contributed by atoms with van der Waals surface area (Å²) in [6, 6.07) is 10.5. The van der Waals surface area contributed by atoms with Gasteiger partial charge in [-0.3, -0.25) is 0 Å². The van der Waals surface area contributed by atoms with Crippen molar-refractivity contribution in [2.45, 2.75) is 13.8 Å². The number of fused-ring (bicyclic) bond motifs is 1. The number of nitrogens with zero attached hydrogens (tertiary/aromatic N) is 2. The van der Waals surface area contributed by atoms with Crippen molar-refractivity contribution in [3.63, 3.8) is 0 Å². The Hall–Kier alpha value is -2.85. The minimum Gasteiger partial charge on any atom is -0.497 e. The van der Waals surface area contributed by atoms with Crippen molar-refractivity contribution in [2.75, 3.05) is 7.11 Å². The summed E-state index contributed by atoms with van der Waals surface area (Å²) in [5.41, 5.74) is 6.92. The molecule has 2 aromatic carbocycles. The standard InChI is InChI=1S/C22H18ClFN2O/c1-13-10-17(27-3)11-14(2)19(13)20-18(15-4-6-16(24)7-5-15)12-26-9-8-25-22(23)21(20)26/h4-12H,1-3H3. The number of ether oxygens (including phenoxy) is 1.